The molecule has 0 atom stereocenters. The van der Waals surface area contributed by atoms with Crippen molar-refractivity contribution in [3.05, 3.63) is 48.3 Å². The highest BCUT2D eigenvalue weighted by molar-refractivity contribution is 5.92. The highest BCUT2D eigenvalue weighted by Crippen LogP contribution is 2.18. The molecule has 6 heteroatoms. The smallest absolute Gasteiger partial charge is 0.342 e. The molecule has 2 aromatic heterocycles. The summed E-state index contributed by atoms with van der Waals surface area (Å²) in [5, 5.41) is 0. The predicted octanol–water partition coefficient (Wildman–Crippen LogP) is 1.63. The van der Waals surface area contributed by atoms with Gasteiger partial charge in [0.25, 0.3) is 0 Å². The van der Waals surface area contributed by atoms with E-state index in [0.29, 0.717) is 23.7 Å². The van der Waals surface area contributed by atoms with Crippen molar-refractivity contribution in [2.45, 2.75) is 13.5 Å². The van der Waals surface area contributed by atoms with E-state index in [-0.39, 0.29) is 6.61 Å². The third-order valence-corrected chi connectivity index (χ3v) is 2.26. The molecule has 0 N–H and O–H groups in total. The van der Waals surface area contributed by atoms with Gasteiger partial charge in [-0.05, 0) is 19.1 Å². The van der Waals surface area contributed by atoms with E-state index in [1.165, 1.54) is 12.4 Å². The van der Waals surface area contributed by atoms with Crippen LogP contribution in [0.15, 0.2) is 36.9 Å². The Bertz CT molecular complexity index is 546. The molecule has 2 rings (SSSR count). The van der Waals surface area contributed by atoms with Crippen LogP contribution >= 0.6 is 0 Å². The number of hydrogen-bond donors (Lipinski definition) is 0. The van der Waals surface area contributed by atoms with E-state index < -0.39 is 5.97 Å². The highest BCUT2D eigenvalue weighted by Gasteiger charge is 2.13. The number of carbonyl (C=O) groups excluding carboxylic acids is 1. The van der Waals surface area contributed by atoms with Crippen molar-refractivity contribution in [1.29, 1.82) is 0 Å². The summed E-state index contributed by atoms with van der Waals surface area (Å²) in [4.78, 5) is 23.7. The minimum Gasteiger partial charge on any atom is -0.483 e. The zero-order valence-electron chi connectivity index (χ0n) is 10.4. The van der Waals surface area contributed by atoms with Crippen LogP contribution < -0.4 is 4.74 Å². The molecule has 0 radical (unpaired) electrons. The molecule has 2 heterocycles. The molecule has 2 aromatic rings. The largest absolute Gasteiger partial charge is 0.483 e. The fourth-order valence-corrected chi connectivity index (χ4v) is 1.42. The molecular formula is C13H13N3O3. The number of rotatable bonds is 5. The summed E-state index contributed by atoms with van der Waals surface area (Å²) >= 11 is 0. The van der Waals surface area contributed by atoms with Gasteiger partial charge in [0.15, 0.2) is 11.6 Å². The van der Waals surface area contributed by atoms with Gasteiger partial charge < -0.3 is 9.47 Å². The van der Waals surface area contributed by atoms with Crippen molar-refractivity contribution in [2.24, 2.45) is 0 Å². The molecule has 0 amide bonds. The first-order valence-corrected chi connectivity index (χ1v) is 5.81. The Morgan fingerprint density at radius 1 is 1.26 bits per heavy atom. The van der Waals surface area contributed by atoms with Gasteiger partial charge in [-0.25, -0.2) is 14.8 Å². The van der Waals surface area contributed by atoms with E-state index in [0.717, 1.165) is 0 Å². The van der Waals surface area contributed by atoms with Gasteiger partial charge in [-0.3, -0.25) is 4.98 Å². The zero-order valence-corrected chi connectivity index (χ0v) is 10.4. The molecular weight excluding hydrogens is 246 g/mol. The molecule has 0 bridgehead atoms. The number of carbonyl (C=O) groups is 1. The van der Waals surface area contributed by atoms with Crippen LogP contribution in [0.2, 0.25) is 0 Å². The van der Waals surface area contributed by atoms with Crippen LogP contribution in [0.4, 0.5) is 0 Å². The number of ether oxygens (including phenoxy) is 2. The number of esters is 1. The second-order valence-corrected chi connectivity index (χ2v) is 3.55. The monoisotopic (exact) mass is 259 g/mol. The first-order chi connectivity index (χ1) is 9.31. The second-order valence-electron chi connectivity index (χ2n) is 3.55. The van der Waals surface area contributed by atoms with Gasteiger partial charge >= 0.3 is 5.97 Å². The summed E-state index contributed by atoms with van der Waals surface area (Å²) in [7, 11) is 0. The number of pyridine rings is 1. The minimum atomic E-state index is -0.436. The lowest BCUT2D eigenvalue weighted by Crippen LogP contribution is -2.09. The van der Waals surface area contributed by atoms with Gasteiger partial charge in [0, 0.05) is 18.6 Å². The van der Waals surface area contributed by atoms with Crippen LogP contribution in [-0.2, 0) is 11.3 Å². The van der Waals surface area contributed by atoms with Crippen LogP contribution in [0.3, 0.4) is 0 Å². The maximum Gasteiger partial charge on any atom is 0.342 e. The lowest BCUT2D eigenvalue weighted by Gasteiger charge is -2.09. The second kappa shape index (κ2) is 6.44. The van der Waals surface area contributed by atoms with Crippen molar-refractivity contribution >= 4 is 5.97 Å². The summed E-state index contributed by atoms with van der Waals surface area (Å²) in [5.74, 6) is 0.448. The first kappa shape index (κ1) is 12.9. The fourth-order valence-electron chi connectivity index (χ4n) is 1.42. The molecule has 0 aliphatic carbocycles. The Morgan fingerprint density at radius 3 is 2.79 bits per heavy atom. The lowest BCUT2D eigenvalue weighted by molar-refractivity contribution is 0.0521. The molecule has 0 aliphatic heterocycles. The normalized spacial score (nSPS) is 9.95. The fraction of sp³-hybridized carbons (Fsp3) is 0.231. The van der Waals surface area contributed by atoms with Crippen molar-refractivity contribution in [2.75, 3.05) is 6.61 Å². The summed E-state index contributed by atoms with van der Waals surface area (Å²) < 4.78 is 10.4. The van der Waals surface area contributed by atoms with Gasteiger partial charge in [0.2, 0.25) is 0 Å². The summed E-state index contributed by atoms with van der Waals surface area (Å²) in [6, 6.07) is 3.27. The van der Waals surface area contributed by atoms with E-state index in [1.54, 1.807) is 31.5 Å². The van der Waals surface area contributed by atoms with Crippen LogP contribution in [-0.4, -0.2) is 27.5 Å². The topological polar surface area (TPSA) is 74.2 Å². The summed E-state index contributed by atoms with van der Waals surface area (Å²) in [6.07, 6.45) is 6.23. The Hall–Kier alpha value is -2.50. The predicted molar refractivity (Wildman–Crippen MR) is 66.6 cm³/mol. The maximum absolute atomic E-state index is 11.7. The van der Waals surface area contributed by atoms with E-state index in [9.17, 15) is 4.79 Å². The quantitative estimate of drug-likeness (QED) is 0.760. The molecule has 0 saturated heterocycles. The molecule has 98 valence electrons. The SMILES string of the molecule is CCOC(=O)c1ccncc1OCc1ncccn1. The standard InChI is InChI=1S/C13H13N3O3/c1-2-18-13(17)10-4-7-14-8-11(10)19-9-12-15-5-3-6-16-12/h3-8H,2,9H2,1H3. The van der Waals surface area contributed by atoms with Crippen LogP contribution in [0.1, 0.15) is 23.1 Å². The first-order valence-electron chi connectivity index (χ1n) is 5.81. The van der Waals surface area contributed by atoms with Crippen molar-refractivity contribution < 1.29 is 14.3 Å². The Labute approximate surface area is 110 Å². The van der Waals surface area contributed by atoms with Crippen LogP contribution in [0.25, 0.3) is 0 Å². The maximum atomic E-state index is 11.7. The van der Waals surface area contributed by atoms with Gasteiger partial charge in [0.05, 0.1) is 12.8 Å². The average molecular weight is 259 g/mol. The molecule has 6 nitrogen and oxygen atoms in total. The number of nitrogens with zero attached hydrogens (tertiary/aromatic N) is 3. The highest BCUT2D eigenvalue weighted by atomic mass is 16.5. The Morgan fingerprint density at radius 2 is 2.05 bits per heavy atom. The zero-order chi connectivity index (χ0) is 13.5. The average Bonchev–Trinajstić information content (AvgIpc) is 2.47. The Balaban J connectivity index is 2.10. The molecule has 0 aromatic carbocycles. The van der Waals surface area contributed by atoms with Crippen LogP contribution in [0, 0.1) is 0 Å². The molecule has 0 unspecified atom stereocenters. The summed E-state index contributed by atoms with van der Waals surface area (Å²) in [6.45, 7) is 2.22. The van der Waals surface area contributed by atoms with Gasteiger partial charge in [0.1, 0.15) is 12.2 Å². The third kappa shape index (κ3) is 3.48. The van der Waals surface area contributed by atoms with E-state index in [4.69, 9.17) is 9.47 Å². The van der Waals surface area contributed by atoms with Gasteiger partial charge in [-0.1, -0.05) is 0 Å². The number of aromatic nitrogens is 3. The van der Waals surface area contributed by atoms with Gasteiger partial charge in [-0.2, -0.15) is 0 Å². The molecule has 0 spiro atoms. The van der Waals surface area contributed by atoms with Crippen molar-refractivity contribution in [3.8, 4) is 5.75 Å². The van der Waals surface area contributed by atoms with E-state index in [2.05, 4.69) is 15.0 Å². The molecule has 0 fully saturated rings. The number of hydrogen-bond acceptors (Lipinski definition) is 6. The summed E-state index contributed by atoms with van der Waals surface area (Å²) in [5.41, 5.74) is 0.341. The van der Waals surface area contributed by atoms with Crippen LogP contribution in [0.5, 0.6) is 5.75 Å². The molecule has 0 saturated carbocycles. The van der Waals surface area contributed by atoms with E-state index >= 15 is 0 Å². The molecule has 19 heavy (non-hydrogen) atoms. The molecule has 0 aliphatic rings. The lowest BCUT2D eigenvalue weighted by atomic mass is 10.2. The van der Waals surface area contributed by atoms with Crippen molar-refractivity contribution in [3.63, 3.8) is 0 Å². The van der Waals surface area contributed by atoms with E-state index in [1.807, 2.05) is 0 Å². The van der Waals surface area contributed by atoms with Crippen molar-refractivity contribution in [1.82, 2.24) is 15.0 Å². The van der Waals surface area contributed by atoms with Gasteiger partial charge in [-0.15, -0.1) is 0 Å². The third-order valence-electron chi connectivity index (χ3n) is 2.26. The Kier molecular flexibility index (Phi) is 4.39. The minimum absolute atomic E-state index is 0.166.